The number of ether oxygens (including phenoxy) is 1. The predicted molar refractivity (Wildman–Crippen MR) is 37.8 cm³/mol. The Kier molecular flexibility index (Phi) is 2.20. The Morgan fingerprint density at radius 2 is 2.00 bits per heavy atom. The van der Waals surface area contributed by atoms with Gasteiger partial charge in [-0.25, -0.2) is 0 Å². The van der Waals surface area contributed by atoms with Crippen molar-refractivity contribution in [1.29, 1.82) is 0 Å². The van der Waals surface area contributed by atoms with Crippen molar-refractivity contribution in [1.82, 2.24) is 0 Å². The monoisotopic (exact) mass is 162 g/mol. The van der Waals surface area contributed by atoms with Crippen molar-refractivity contribution in [2.75, 3.05) is 0 Å². The Morgan fingerprint density at radius 3 is 2.45 bits per heavy atom. The third kappa shape index (κ3) is 1.70. The van der Waals surface area contributed by atoms with E-state index >= 15 is 0 Å². The molecule has 0 aromatic heterocycles. The maximum atomic E-state index is 9.49. The summed E-state index contributed by atoms with van der Waals surface area (Å²) < 4.78 is 4.88. The lowest BCUT2D eigenvalue weighted by Gasteiger charge is -2.40. The second-order valence-electron chi connectivity index (χ2n) is 3.30. The van der Waals surface area contributed by atoms with Crippen LogP contribution in [0.1, 0.15) is 20.3 Å². The van der Waals surface area contributed by atoms with Gasteiger partial charge in [-0.05, 0) is 13.8 Å². The zero-order valence-electron chi connectivity index (χ0n) is 6.69. The molecule has 0 spiro atoms. The van der Waals surface area contributed by atoms with E-state index in [9.17, 15) is 10.2 Å². The van der Waals surface area contributed by atoms with Crippen molar-refractivity contribution in [3.63, 3.8) is 0 Å². The van der Waals surface area contributed by atoms with E-state index in [-0.39, 0.29) is 6.42 Å². The minimum Gasteiger partial charge on any atom is -0.387 e. The van der Waals surface area contributed by atoms with Crippen LogP contribution in [0.2, 0.25) is 0 Å². The molecule has 1 rings (SSSR count). The molecular weight excluding hydrogens is 148 g/mol. The van der Waals surface area contributed by atoms with Gasteiger partial charge in [0.05, 0.1) is 11.7 Å². The fourth-order valence-electron chi connectivity index (χ4n) is 1.35. The lowest BCUT2D eigenvalue weighted by atomic mass is 9.89. The molecule has 0 amide bonds. The van der Waals surface area contributed by atoms with Crippen LogP contribution in [0.4, 0.5) is 0 Å². The van der Waals surface area contributed by atoms with Crippen LogP contribution in [0.15, 0.2) is 0 Å². The zero-order chi connectivity index (χ0) is 8.65. The summed E-state index contributed by atoms with van der Waals surface area (Å²) in [6, 6.07) is 0. The largest absolute Gasteiger partial charge is 0.387 e. The second kappa shape index (κ2) is 2.71. The summed E-state index contributed by atoms with van der Waals surface area (Å²) >= 11 is 0. The van der Waals surface area contributed by atoms with Crippen molar-refractivity contribution >= 4 is 0 Å². The predicted octanol–water partition coefficient (Wildman–Crippen LogP) is -0.775. The van der Waals surface area contributed by atoms with Crippen LogP contribution in [0.25, 0.3) is 0 Å². The quantitative estimate of drug-likeness (QED) is 0.437. The molecule has 66 valence electrons. The van der Waals surface area contributed by atoms with Crippen LogP contribution >= 0.6 is 0 Å². The molecule has 0 aliphatic carbocycles. The highest BCUT2D eigenvalue weighted by Gasteiger charge is 2.42. The molecule has 0 aromatic carbocycles. The molecule has 0 saturated carbocycles. The van der Waals surface area contributed by atoms with Gasteiger partial charge in [0.25, 0.3) is 0 Å². The highest BCUT2D eigenvalue weighted by molar-refractivity contribution is 4.90. The second-order valence-corrected chi connectivity index (χ2v) is 3.30. The van der Waals surface area contributed by atoms with E-state index in [4.69, 9.17) is 9.84 Å². The number of rotatable bonds is 0. The Balaban J connectivity index is 2.67. The van der Waals surface area contributed by atoms with E-state index in [0.717, 1.165) is 0 Å². The third-order valence-electron chi connectivity index (χ3n) is 2.04. The molecule has 1 saturated heterocycles. The summed E-state index contributed by atoms with van der Waals surface area (Å²) in [5.41, 5.74) is -1.24. The smallest absolute Gasteiger partial charge is 0.157 e. The summed E-state index contributed by atoms with van der Waals surface area (Å²) in [7, 11) is 0. The standard InChI is InChI=1S/C7H14O4/c1-4-6(9)7(2,10)3-5(8)11-4/h4-6,8-10H,3H2,1-2H3/t4?,5?,6-,7+/m1/s1. The first-order chi connectivity index (χ1) is 4.93. The van der Waals surface area contributed by atoms with Gasteiger partial charge in [-0.1, -0.05) is 0 Å². The molecule has 3 N–H and O–H groups in total. The third-order valence-corrected chi connectivity index (χ3v) is 2.04. The van der Waals surface area contributed by atoms with Gasteiger partial charge in [-0.15, -0.1) is 0 Å². The Bertz CT molecular complexity index is 145. The van der Waals surface area contributed by atoms with Gasteiger partial charge in [-0.3, -0.25) is 0 Å². The molecule has 0 radical (unpaired) electrons. The maximum absolute atomic E-state index is 9.49. The van der Waals surface area contributed by atoms with Gasteiger partial charge in [0, 0.05) is 6.42 Å². The van der Waals surface area contributed by atoms with Crippen LogP contribution in [-0.2, 0) is 4.74 Å². The summed E-state index contributed by atoms with van der Waals surface area (Å²) in [6.45, 7) is 3.10. The fraction of sp³-hybridized carbons (Fsp3) is 1.00. The van der Waals surface area contributed by atoms with E-state index in [1.54, 1.807) is 6.92 Å². The van der Waals surface area contributed by atoms with Crippen molar-refractivity contribution in [3.05, 3.63) is 0 Å². The summed E-state index contributed by atoms with van der Waals surface area (Å²) in [6.07, 6.45) is -2.36. The molecule has 1 aliphatic rings. The fourth-order valence-corrected chi connectivity index (χ4v) is 1.35. The molecule has 2 unspecified atom stereocenters. The number of hydrogen-bond donors (Lipinski definition) is 3. The van der Waals surface area contributed by atoms with E-state index in [1.165, 1.54) is 6.92 Å². The Hall–Kier alpha value is -0.160. The van der Waals surface area contributed by atoms with Gasteiger partial charge in [0.2, 0.25) is 0 Å². The summed E-state index contributed by atoms with van der Waals surface area (Å²) in [5.74, 6) is 0. The first kappa shape index (κ1) is 8.93. The van der Waals surface area contributed by atoms with Gasteiger partial charge in [0.15, 0.2) is 6.29 Å². The Morgan fingerprint density at radius 1 is 1.45 bits per heavy atom. The van der Waals surface area contributed by atoms with Crippen LogP contribution in [-0.4, -0.2) is 39.4 Å². The highest BCUT2D eigenvalue weighted by Crippen LogP contribution is 2.27. The topological polar surface area (TPSA) is 69.9 Å². The lowest BCUT2D eigenvalue weighted by molar-refractivity contribution is -0.256. The van der Waals surface area contributed by atoms with Gasteiger partial charge in [0.1, 0.15) is 6.10 Å². The van der Waals surface area contributed by atoms with Crippen molar-refractivity contribution in [2.45, 2.75) is 44.4 Å². The van der Waals surface area contributed by atoms with Crippen molar-refractivity contribution in [3.8, 4) is 0 Å². The average molecular weight is 162 g/mol. The number of aliphatic hydroxyl groups is 3. The summed E-state index contributed by atoms with van der Waals surface area (Å²) in [4.78, 5) is 0. The molecule has 11 heavy (non-hydrogen) atoms. The minimum atomic E-state index is -1.24. The normalized spacial score (nSPS) is 52.6. The van der Waals surface area contributed by atoms with Crippen LogP contribution in [0.5, 0.6) is 0 Å². The van der Waals surface area contributed by atoms with Gasteiger partial charge in [-0.2, -0.15) is 0 Å². The van der Waals surface area contributed by atoms with E-state index in [2.05, 4.69) is 0 Å². The van der Waals surface area contributed by atoms with Crippen molar-refractivity contribution < 1.29 is 20.1 Å². The number of aliphatic hydroxyl groups excluding tert-OH is 2. The first-order valence-electron chi connectivity index (χ1n) is 3.67. The molecule has 0 aromatic rings. The SMILES string of the molecule is CC1OC(O)C[C@](C)(O)[C@@H]1O. The van der Waals surface area contributed by atoms with E-state index in [1.807, 2.05) is 0 Å². The van der Waals surface area contributed by atoms with Gasteiger partial charge < -0.3 is 20.1 Å². The van der Waals surface area contributed by atoms with E-state index in [0.29, 0.717) is 0 Å². The zero-order valence-corrected chi connectivity index (χ0v) is 6.69. The van der Waals surface area contributed by atoms with Crippen LogP contribution in [0.3, 0.4) is 0 Å². The molecule has 1 heterocycles. The molecular formula is C7H14O4. The molecule has 4 atom stereocenters. The maximum Gasteiger partial charge on any atom is 0.157 e. The molecule has 4 nitrogen and oxygen atoms in total. The molecule has 4 heteroatoms. The Labute approximate surface area is 65.4 Å². The minimum absolute atomic E-state index is 0.0541. The lowest BCUT2D eigenvalue weighted by Crippen LogP contribution is -2.54. The molecule has 1 aliphatic heterocycles. The van der Waals surface area contributed by atoms with Crippen LogP contribution < -0.4 is 0 Å². The van der Waals surface area contributed by atoms with Crippen molar-refractivity contribution in [2.24, 2.45) is 0 Å². The van der Waals surface area contributed by atoms with E-state index < -0.39 is 24.1 Å². The molecule has 0 bridgehead atoms. The highest BCUT2D eigenvalue weighted by atomic mass is 16.6. The number of hydrogen-bond acceptors (Lipinski definition) is 4. The summed E-state index contributed by atoms with van der Waals surface area (Å²) in [5, 5.41) is 27.9. The first-order valence-corrected chi connectivity index (χ1v) is 3.67. The van der Waals surface area contributed by atoms with Crippen LogP contribution in [0, 0.1) is 0 Å². The average Bonchev–Trinajstić information content (AvgIpc) is 1.81. The molecule has 1 fully saturated rings. The van der Waals surface area contributed by atoms with Gasteiger partial charge >= 0.3 is 0 Å².